The molecule has 1 aromatic heterocycles. The second-order valence-electron chi connectivity index (χ2n) is 6.82. The lowest BCUT2D eigenvalue weighted by molar-refractivity contribution is -0.122. The van der Waals surface area contributed by atoms with Gasteiger partial charge in [0.15, 0.2) is 5.13 Å². The molecule has 27 heavy (non-hydrogen) atoms. The summed E-state index contributed by atoms with van der Waals surface area (Å²) in [5, 5.41) is 3.50. The molecule has 2 aromatic carbocycles. The van der Waals surface area contributed by atoms with E-state index in [-0.39, 0.29) is 24.2 Å². The Morgan fingerprint density at radius 2 is 2.07 bits per heavy atom. The highest BCUT2D eigenvalue weighted by molar-refractivity contribution is 7.22. The second kappa shape index (κ2) is 7.12. The lowest BCUT2D eigenvalue weighted by atomic mass is 10.1. The fraction of sp³-hybridized carbons (Fsp3) is 0.286. The Morgan fingerprint density at radius 3 is 2.85 bits per heavy atom. The van der Waals surface area contributed by atoms with Crippen LogP contribution in [0.15, 0.2) is 42.5 Å². The molecule has 1 aliphatic rings. The van der Waals surface area contributed by atoms with Crippen molar-refractivity contribution in [3.8, 4) is 0 Å². The summed E-state index contributed by atoms with van der Waals surface area (Å²) in [6, 6.07) is 13.9. The summed E-state index contributed by atoms with van der Waals surface area (Å²) in [4.78, 5) is 31.5. The molecule has 1 aliphatic heterocycles. The molecule has 0 bridgehead atoms. The van der Waals surface area contributed by atoms with Crippen LogP contribution in [-0.2, 0) is 16.0 Å². The van der Waals surface area contributed by atoms with Gasteiger partial charge >= 0.3 is 0 Å². The number of nitrogens with one attached hydrogen (secondary N) is 1. The van der Waals surface area contributed by atoms with E-state index in [1.54, 1.807) is 4.90 Å². The van der Waals surface area contributed by atoms with Gasteiger partial charge in [0.1, 0.15) is 0 Å². The molecule has 6 heteroatoms. The van der Waals surface area contributed by atoms with Crippen LogP contribution < -0.4 is 10.2 Å². The average Bonchev–Trinajstić information content (AvgIpc) is 3.25. The highest BCUT2D eigenvalue weighted by Gasteiger charge is 2.36. The number of anilines is 2. The van der Waals surface area contributed by atoms with Gasteiger partial charge in [0.05, 0.1) is 16.1 Å². The zero-order valence-electron chi connectivity index (χ0n) is 15.4. The standard InChI is InChI=1S/C21H21N3O2S/c1-3-14-8-4-5-9-16(14)24-12-15(11-18(24)25)20(26)23-21-22-19-13(2)7-6-10-17(19)27-21/h4-10,15H,3,11-12H2,1-2H3,(H,22,23,26). The molecular weight excluding hydrogens is 358 g/mol. The molecule has 0 saturated carbocycles. The molecule has 1 N–H and O–H groups in total. The lowest BCUT2D eigenvalue weighted by Crippen LogP contribution is -2.28. The number of fused-ring (bicyclic) bond motifs is 1. The van der Waals surface area contributed by atoms with Crippen molar-refractivity contribution in [3.05, 3.63) is 53.6 Å². The molecule has 138 valence electrons. The minimum absolute atomic E-state index is 0.00352. The third kappa shape index (κ3) is 3.32. The van der Waals surface area contributed by atoms with Gasteiger partial charge in [-0.1, -0.05) is 48.6 Å². The third-order valence-corrected chi connectivity index (χ3v) is 5.95. The van der Waals surface area contributed by atoms with E-state index in [9.17, 15) is 9.59 Å². The van der Waals surface area contributed by atoms with Crippen LogP contribution in [0.2, 0.25) is 0 Å². The number of carbonyl (C=O) groups excluding carboxylic acids is 2. The molecule has 4 rings (SSSR count). The summed E-state index contributed by atoms with van der Waals surface area (Å²) < 4.78 is 1.05. The zero-order chi connectivity index (χ0) is 19.0. The van der Waals surface area contributed by atoms with Crippen molar-refractivity contribution in [3.63, 3.8) is 0 Å². The van der Waals surface area contributed by atoms with E-state index < -0.39 is 0 Å². The van der Waals surface area contributed by atoms with Gasteiger partial charge in [-0.15, -0.1) is 0 Å². The van der Waals surface area contributed by atoms with Gasteiger partial charge in [-0.25, -0.2) is 4.98 Å². The fourth-order valence-corrected chi connectivity index (χ4v) is 4.48. The van der Waals surface area contributed by atoms with Crippen molar-refractivity contribution in [2.24, 2.45) is 5.92 Å². The minimum atomic E-state index is -0.365. The third-order valence-electron chi connectivity index (χ3n) is 5.01. The Labute approximate surface area is 162 Å². The Bertz CT molecular complexity index is 1030. The van der Waals surface area contributed by atoms with Crippen molar-refractivity contribution in [2.75, 3.05) is 16.8 Å². The minimum Gasteiger partial charge on any atom is -0.311 e. The van der Waals surface area contributed by atoms with Crippen LogP contribution in [0.1, 0.15) is 24.5 Å². The summed E-state index contributed by atoms with van der Waals surface area (Å²) in [5.74, 6) is -0.511. The fourth-order valence-electron chi connectivity index (χ4n) is 3.54. The molecule has 2 amide bonds. The second-order valence-corrected chi connectivity index (χ2v) is 7.85. The van der Waals surface area contributed by atoms with Crippen molar-refractivity contribution in [2.45, 2.75) is 26.7 Å². The van der Waals surface area contributed by atoms with Gasteiger partial charge < -0.3 is 10.2 Å². The van der Waals surface area contributed by atoms with Gasteiger partial charge in [0, 0.05) is 18.7 Å². The predicted molar refractivity (Wildman–Crippen MR) is 109 cm³/mol. The van der Waals surface area contributed by atoms with Crippen molar-refractivity contribution in [1.82, 2.24) is 4.98 Å². The first kappa shape index (κ1) is 17.7. The van der Waals surface area contributed by atoms with Crippen molar-refractivity contribution in [1.29, 1.82) is 0 Å². The molecule has 3 aromatic rings. The number of aryl methyl sites for hydroxylation is 2. The van der Waals surface area contributed by atoms with E-state index in [4.69, 9.17) is 0 Å². The number of hydrogen-bond donors (Lipinski definition) is 1. The monoisotopic (exact) mass is 379 g/mol. The summed E-state index contributed by atoms with van der Waals surface area (Å²) in [6.07, 6.45) is 1.08. The summed E-state index contributed by atoms with van der Waals surface area (Å²) in [7, 11) is 0. The number of nitrogens with zero attached hydrogens (tertiary/aromatic N) is 2. The van der Waals surface area contributed by atoms with Crippen molar-refractivity contribution < 1.29 is 9.59 Å². The quantitative estimate of drug-likeness (QED) is 0.740. The first-order valence-electron chi connectivity index (χ1n) is 9.12. The maximum atomic E-state index is 12.7. The van der Waals surface area contributed by atoms with Gasteiger partial charge in [-0.05, 0) is 36.6 Å². The summed E-state index contributed by atoms with van der Waals surface area (Å²) >= 11 is 1.46. The Kier molecular flexibility index (Phi) is 4.66. The number of benzene rings is 2. The largest absolute Gasteiger partial charge is 0.311 e. The summed E-state index contributed by atoms with van der Waals surface area (Å²) in [5.41, 5.74) is 4.03. The molecule has 5 nitrogen and oxygen atoms in total. The van der Waals surface area contributed by atoms with Crippen LogP contribution in [0.5, 0.6) is 0 Å². The normalized spacial score (nSPS) is 16.9. The number of amides is 2. The van der Waals surface area contributed by atoms with E-state index in [1.165, 1.54) is 11.3 Å². The van der Waals surface area contributed by atoms with E-state index >= 15 is 0 Å². The van der Waals surface area contributed by atoms with Gasteiger partial charge in [-0.2, -0.15) is 0 Å². The molecule has 1 atom stereocenters. The first-order valence-corrected chi connectivity index (χ1v) is 9.93. The van der Waals surface area contributed by atoms with Gasteiger partial charge in [-0.3, -0.25) is 9.59 Å². The first-order chi connectivity index (χ1) is 13.1. The van der Waals surface area contributed by atoms with Crippen LogP contribution in [0.4, 0.5) is 10.8 Å². The van der Waals surface area contributed by atoms with E-state index in [2.05, 4.69) is 17.2 Å². The number of carbonyl (C=O) groups is 2. The predicted octanol–water partition coefficient (Wildman–Crippen LogP) is 4.16. The SMILES string of the molecule is CCc1ccccc1N1CC(C(=O)Nc2nc3c(C)cccc3s2)CC1=O. The highest BCUT2D eigenvalue weighted by atomic mass is 32.1. The van der Waals surface area contributed by atoms with Crippen LogP contribution in [0, 0.1) is 12.8 Å². The number of rotatable bonds is 4. The lowest BCUT2D eigenvalue weighted by Gasteiger charge is -2.19. The van der Waals surface area contributed by atoms with Crippen LogP contribution in [0.25, 0.3) is 10.2 Å². The van der Waals surface area contributed by atoms with Gasteiger partial charge in [0.25, 0.3) is 0 Å². The maximum absolute atomic E-state index is 12.7. The smallest absolute Gasteiger partial charge is 0.231 e. The number of para-hydroxylation sites is 2. The number of aromatic nitrogens is 1. The molecule has 2 heterocycles. The molecule has 1 fully saturated rings. The van der Waals surface area contributed by atoms with E-state index in [0.717, 1.165) is 33.5 Å². The topological polar surface area (TPSA) is 62.3 Å². The van der Waals surface area contributed by atoms with Gasteiger partial charge in [0.2, 0.25) is 11.8 Å². The molecule has 0 aliphatic carbocycles. The number of hydrogen-bond acceptors (Lipinski definition) is 4. The molecule has 1 unspecified atom stereocenters. The van der Waals surface area contributed by atoms with E-state index in [1.807, 2.05) is 49.4 Å². The Balaban J connectivity index is 1.51. The Morgan fingerprint density at radius 1 is 1.26 bits per heavy atom. The molecule has 0 radical (unpaired) electrons. The van der Waals surface area contributed by atoms with Crippen molar-refractivity contribution >= 4 is 44.2 Å². The van der Waals surface area contributed by atoms with E-state index in [0.29, 0.717) is 11.7 Å². The highest BCUT2D eigenvalue weighted by Crippen LogP contribution is 2.31. The zero-order valence-corrected chi connectivity index (χ0v) is 16.2. The van der Waals surface area contributed by atoms with Crippen LogP contribution in [0.3, 0.4) is 0 Å². The Hall–Kier alpha value is -2.73. The average molecular weight is 379 g/mol. The number of thiazole rings is 1. The van der Waals surface area contributed by atoms with Crippen LogP contribution in [-0.4, -0.2) is 23.3 Å². The molecular formula is C21H21N3O2S. The molecule has 0 spiro atoms. The van der Waals surface area contributed by atoms with Crippen LogP contribution >= 0.6 is 11.3 Å². The maximum Gasteiger partial charge on any atom is 0.231 e. The summed E-state index contributed by atoms with van der Waals surface area (Å²) in [6.45, 7) is 4.48. The molecule has 1 saturated heterocycles.